The Labute approximate surface area is 170 Å². The van der Waals surface area contributed by atoms with Crippen molar-refractivity contribution in [3.05, 3.63) is 53.1 Å². The molecule has 148 valence electrons. The van der Waals surface area contributed by atoms with Gasteiger partial charge in [-0.2, -0.15) is 4.31 Å². The third-order valence-corrected chi connectivity index (χ3v) is 7.51. The van der Waals surface area contributed by atoms with E-state index >= 15 is 0 Å². The van der Waals surface area contributed by atoms with Crippen molar-refractivity contribution in [3.8, 4) is 0 Å². The second-order valence-corrected chi connectivity index (χ2v) is 9.46. The molecule has 6 nitrogen and oxygen atoms in total. The first-order valence-corrected chi connectivity index (χ1v) is 11.1. The lowest BCUT2D eigenvalue weighted by Crippen LogP contribution is -2.48. The number of carbonyl (C=O) groups excluding carboxylic acids is 1. The van der Waals surface area contributed by atoms with Crippen molar-refractivity contribution in [2.24, 2.45) is 0 Å². The van der Waals surface area contributed by atoms with E-state index in [4.69, 9.17) is 11.6 Å². The molecular formula is C20H22ClN3O3S. The van der Waals surface area contributed by atoms with Gasteiger partial charge in [-0.1, -0.05) is 17.7 Å². The molecule has 0 radical (unpaired) electrons. The number of nitrogens with zero attached hydrogens (tertiary/aromatic N) is 3. The lowest BCUT2D eigenvalue weighted by molar-refractivity contribution is -0.116. The zero-order chi connectivity index (χ0) is 19.9. The summed E-state index contributed by atoms with van der Waals surface area (Å²) in [5.74, 6) is -0.0218. The molecule has 1 amide bonds. The second kappa shape index (κ2) is 7.39. The maximum absolute atomic E-state index is 13.1. The number of carbonyl (C=O) groups is 1. The predicted molar refractivity (Wildman–Crippen MR) is 111 cm³/mol. The van der Waals surface area contributed by atoms with Crippen LogP contribution in [0.15, 0.2) is 47.4 Å². The minimum absolute atomic E-state index is 0.0218. The summed E-state index contributed by atoms with van der Waals surface area (Å²) in [7, 11) is -3.56. The quantitative estimate of drug-likeness (QED) is 0.767. The van der Waals surface area contributed by atoms with Crippen LogP contribution in [0.3, 0.4) is 0 Å². The smallest absolute Gasteiger partial charge is 0.243 e. The molecule has 1 saturated heterocycles. The second-order valence-electron chi connectivity index (χ2n) is 7.08. The van der Waals surface area contributed by atoms with E-state index in [2.05, 4.69) is 4.90 Å². The number of rotatable bonds is 3. The molecule has 2 heterocycles. The molecule has 28 heavy (non-hydrogen) atoms. The monoisotopic (exact) mass is 419 g/mol. The van der Waals surface area contributed by atoms with E-state index in [9.17, 15) is 13.2 Å². The highest BCUT2D eigenvalue weighted by molar-refractivity contribution is 7.89. The van der Waals surface area contributed by atoms with Gasteiger partial charge in [0.1, 0.15) is 0 Å². The Balaban J connectivity index is 1.50. The van der Waals surface area contributed by atoms with Crippen molar-refractivity contribution in [1.29, 1.82) is 0 Å². The number of amides is 1. The Morgan fingerprint density at radius 1 is 1.00 bits per heavy atom. The number of hydrogen-bond donors (Lipinski definition) is 0. The van der Waals surface area contributed by atoms with Crippen molar-refractivity contribution in [1.82, 2.24) is 4.31 Å². The van der Waals surface area contributed by atoms with Crippen LogP contribution in [0.25, 0.3) is 0 Å². The summed E-state index contributed by atoms with van der Waals surface area (Å²) in [6, 6.07) is 12.7. The molecule has 0 saturated carbocycles. The minimum atomic E-state index is -3.56. The highest BCUT2D eigenvalue weighted by atomic mass is 35.5. The molecule has 0 aliphatic carbocycles. The summed E-state index contributed by atoms with van der Waals surface area (Å²) in [5.41, 5.74) is 2.73. The molecular weight excluding hydrogens is 398 g/mol. The van der Waals surface area contributed by atoms with Gasteiger partial charge in [0.05, 0.1) is 4.90 Å². The predicted octanol–water partition coefficient (Wildman–Crippen LogP) is 2.76. The van der Waals surface area contributed by atoms with Gasteiger partial charge in [-0.25, -0.2) is 8.42 Å². The summed E-state index contributed by atoms with van der Waals surface area (Å²) in [6.07, 6.45) is 0.681. The summed E-state index contributed by atoms with van der Waals surface area (Å²) in [6.45, 7) is 4.20. The number of benzene rings is 2. The van der Waals surface area contributed by atoms with Crippen molar-refractivity contribution < 1.29 is 13.2 Å². The van der Waals surface area contributed by atoms with Gasteiger partial charge in [0.25, 0.3) is 0 Å². The summed E-state index contributed by atoms with van der Waals surface area (Å²) >= 11 is 6.06. The molecule has 2 aromatic carbocycles. The largest absolute Gasteiger partial charge is 0.369 e. The van der Waals surface area contributed by atoms with Crippen LogP contribution in [0, 0.1) is 0 Å². The van der Waals surface area contributed by atoms with Gasteiger partial charge in [-0.15, -0.1) is 0 Å². The summed E-state index contributed by atoms with van der Waals surface area (Å²) in [4.78, 5) is 15.8. The van der Waals surface area contributed by atoms with Crippen molar-refractivity contribution in [2.75, 3.05) is 42.5 Å². The molecule has 2 aliphatic heterocycles. The van der Waals surface area contributed by atoms with E-state index < -0.39 is 10.0 Å². The lowest BCUT2D eigenvalue weighted by Gasteiger charge is -2.35. The fourth-order valence-electron chi connectivity index (χ4n) is 3.87. The number of hydrogen-bond acceptors (Lipinski definition) is 4. The Morgan fingerprint density at radius 3 is 2.43 bits per heavy atom. The number of fused-ring (bicyclic) bond motifs is 1. The third kappa shape index (κ3) is 3.50. The molecule has 8 heteroatoms. The van der Waals surface area contributed by atoms with Crippen LogP contribution in [0.1, 0.15) is 12.5 Å². The molecule has 0 bridgehead atoms. The molecule has 0 N–H and O–H groups in total. The molecule has 0 aromatic heterocycles. The van der Waals surface area contributed by atoms with Crippen molar-refractivity contribution >= 4 is 38.9 Å². The maximum Gasteiger partial charge on any atom is 0.243 e. The molecule has 0 unspecified atom stereocenters. The van der Waals surface area contributed by atoms with Crippen LogP contribution in [-0.4, -0.2) is 51.4 Å². The SMILES string of the molecule is CC(=O)N1CCc2cc(S(=O)(=O)N3CCN(c4cccc(Cl)c4)CC3)ccc21. The van der Waals surface area contributed by atoms with E-state index in [1.807, 2.05) is 24.3 Å². The molecule has 4 rings (SSSR count). The van der Waals surface area contributed by atoms with Crippen LogP contribution >= 0.6 is 11.6 Å². The molecule has 0 atom stereocenters. The van der Waals surface area contributed by atoms with Crippen LogP contribution in [0.2, 0.25) is 5.02 Å². The van der Waals surface area contributed by atoms with Gasteiger partial charge in [-0.3, -0.25) is 4.79 Å². The Kier molecular flexibility index (Phi) is 5.07. The average molecular weight is 420 g/mol. The normalized spacial score (nSPS) is 17.6. The zero-order valence-corrected chi connectivity index (χ0v) is 17.2. The Bertz CT molecular complexity index is 1020. The van der Waals surface area contributed by atoms with E-state index in [1.54, 1.807) is 23.1 Å². The Hall–Kier alpha value is -2.09. The maximum atomic E-state index is 13.1. The molecule has 1 fully saturated rings. The number of halogens is 1. The van der Waals surface area contributed by atoms with Gasteiger partial charge in [-0.05, 0) is 48.4 Å². The lowest BCUT2D eigenvalue weighted by atomic mass is 10.2. The van der Waals surface area contributed by atoms with E-state index in [-0.39, 0.29) is 5.91 Å². The highest BCUT2D eigenvalue weighted by Gasteiger charge is 2.30. The summed E-state index contributed by atoms with van der Waals surface area (Å²) in [5, 5.41) is 0.672. The van der Waals surface area contributed by atoms with Crippen LogP contribution in [0.4, 0.5) is 11.4 Å². The van der Waals surface area contributed by atoms with Gasteiger partial charge in [0, 0.05) is 56.0 Å². The molecule has 2 aliphatic rings. The minimum Gasteiger partial charge on any atom is -0.369 e. The van der Waals surface area contributed by atoms with Crippen LogP contribution < -0.4 is 9.80 Å². The zero-order valence-electron chi connectivity index (χ0n) is 15.6. The standard InChI is InChI=1S/C20H22ClN3O3S/c1-15(25)24-8-7-16-13-19(5-6-20(16)24)28(26,27)23-11-9-22(10-12-23)18-4-2-3-17(21)14-18/h2-6,13-14H,7-12H2,1H3. The summed E-state index contributed by atoms with van der Waals surface area (Å²) < 4.78 is 27.7. The van der Waals surface area contributed by atoms with E-state index in [0.717, 1.165) is 16.9 Å². The number of sulfonamides is 1. The van der Waals surface area contributed by atoms with Gasteiger partial charge in [0.2, 0.25) is 15.9 Å². The highest BCUT2D eigenvalue weighted by Crippen LogP contribution is 2.31. The Morgan fingerprint density at radius 2 is 1.75 bits per heavy atom. The van der Waals surface area contributed by atoms with Crippen molar-refractivity contribution in [2.45, 2.75) is 18.2 Å². The van der Waals surface area contributed by atoms with Crippen LogP contribution in [0.5, 0.6) is 0 Å². The first kappa shape index (κ1) is 19.2. The average Bonchev–Trinajstić information content (AvgIpc) is 3.11. The van der Waals surface area contributed by atoms with Gasteiger partial charge < -0.3 is 9.80 Å². The first-order chi connectivity index (χ1) is 13.4. The first-order valence-electron chi connectivity index (χ1n) is 9.28. The van der Waals surface area contributed by atoms with E-state index in [1.165, 1.54) is 11.2 Å². The number of anilines is 2. The number of piperazine rings is 1. The van der Waals surface area contributed by atoms with Crippen LogP contribution in [-0.2, 0) is 21.2 Å². The van der Waals surface area contributed by atoms with E-state index in [0.29, 0.717) is 49.1 Å². The third-order valence-electron chi connectivity index (χ3n) is 5.38. The molecule has 0 spiro atoms. The fourth-order valence-corrected chi connectivity index (χ4v) is 5.53. The van der Waals surface area contributed by atoms with Crippen molar-refractivity contribution in [3.63, 3.8) is 0 Å². The van der Waals surface area contributed by atoms with Gasteiger partial charge in [0.15, 0.2) is 0 Å². The molecule has 2 aromatic rings. The fraction of sp³-hybridized carbons (Fsp3) is 0.350. The van der Waals surface area contributed by atoms with Gasteiger partial charge >= 0.3 is 0 Å². The topological polar surface area (TPSA) is 60.9 Å².